The fraction of sp³-hybridized carbons (Fsp3) is 0.600. The predicted molar refractivity (Wildman–Crippen MR) is 80.7 cm³/mol. The molecule has 1 heterocycles. The summed E-state index contributed by atoms with van der Waals surface area (Å²) in [7, 11) is 2.23. The molecule has 1 aromatic rings. The van der Waals surface area contributed by atoms with Crippen molar-refractivity contribution in [3.05, 3.63) is 34.3 Å². The molecule has 1 aliphatic rings. The number of nitrogens with zero attached hydrogens (tertiary/aromatic N) is 2. The van der Waals surface area contributed by atoms with E-state index < -0.39 is 0 Å². The Morgan fingerprint density at radius 3 is 3.00 bits per heavy atom. The summed E-state index contributed by atoms with van der Waals surface area (Å²) in [5, 5.41) is 0. The molecule has 0 amide bonds. The molecule has 18 heavy (non-hydrogen) atoms. The van der Waals surface area contributed by atoms with Crippen LogP contribution in [0.3, 0.4) is 0 Å². The Labute approximate surface area is 119 Å². The van der Waals surface area contributed by atoms with Crippen LogP contribution in [0, 0.1) is 0 Å². The van der Waals surface area contributed by atoms with Crippen LogP contribution < -0.4 is 0 Å². The third-order valence-electron chi connectivity index (χ3n) is 3.77. The van der Waals surface area contributed by atoms with Crippen molar-refractivity contribution in [2.45, 2.75) is 32.4 Å². The third kappa shape index (κ3) is 3.81. The lowest BCUT2D eigenvalue weighted by atomic mass is 10.2. The first-order chi connectivity index (χ1) is 8.69. The molecular weight excluding hydrogens is 288 g/mol. The van der Waals surface area contributed by atoms with Gasteiger partial charge in [0, 0.05) is 23.6 Å². The molecule has 1 unspecified atom stereocenters. The molecule has 0 bridgehead atoms. The van der Waals surface area contributed by atoms with Crippen molar-refractivity contribution in [3.63, 3.8) is 0 Å². The number of likely N-dealkylation sites (tertiary alicyclic amines) is 1. The maximum Gasteiger partial charge on any atom is 0.0231 e. The number of likely N-dealkylation sites (N-methyl/N-ethyl adjacent to an activating group) is 2. The van der Waals surface area contributed by atoms with Crippen LogP contribution in [0.1, 0.15) is 25.3 Å². The molecule has 0 aliphatic carbocycles. The summed E-state index contributed by atoms with van der Waals surface area (Å²) in [4.78, 5) is 5.05. The minimum absolute atomic E-state index is 0.757. The van der Waals surface area contributed by atoms with Gasteiger partial charge in [0.05, 0.1) is 0 Å². The summed E-state index contributed by atoms with van der Waals surface area (Å²) in [6.45, 7) is 6.96. The molecule has 3 heteroatoms. The van der Waals surface area contributed by atoms with Crippen LogP contribution in [0.15, 0.2) is 28.7 Å². The molecule has 1 aromatic carbocycles. The normalized spacial score (nSPS) is 20.8. The van der Waals surface area contributed by atoms with E-state index in [0.717, 1.165) is 12.6 Å². The Hall–Kier alpha value is -0.380. The van der Waals surface area contributed by atoms with Crippen molar-refractivity contribution < 1.29 is 0 Å². The van der Waals surface area contributed by atoms with E-state index >= 15 is 0 Å². The lowest BCUT2D eigenvalue weighted by Gasteiger charge is -2.27. The first-order valence-corrected chi connectivity index (χ1v) is 7.65. The van der Waals surface area contributed by atoms with Gasteiger partial charge < -0.3 is 4.90 Å². The summed E-state index contributed by atoms with van der Waals surface area (Å²) in [5.41, 5.74) is 1.38. The van der Waals surface area contributed by atoms with E-state index in [4.69, 9.17) is 0 Å². The van der Waals surface area contributed by atoms with Gasteiger partial charge in [0.15, 0.2) is 0 Å². The fourth-order valence-corrected chi connectivity index (χ4v) is 3.34. The first kappa shape index (κ1) is 14.0. The van der Waals surface area contributed by atoms with Gasteiger partial charge in [0.25, 0.3) is 0 Å². The molecule has 0 N–H and O–H groups in total. The Morgan fingerprint density at radius 1 is 1.44 bits per heavy atom. The van der Waals surface area contributed by atoms with Crippen LogP contribution >= 0.6 is 15.9 Å². The molecule has 100 valence electrons. The summed E-state index contributed by atoms with van der Waals surface area (Å²) in [5.74, 6) is 0. The highest BCUT2D eigenvalue weighted by Gasteiger charge is 2.23. The topological polar surface area (TPSA) is 6.48 Å². The van der Waals surface area contributed by atoms with Gasteiger partial charge in [0.1, 0.15) is 0 Å². The highest BCUT2D eigenvalue weighted by atomic mass is 79.9. The minimum Gasteiger partial charge on any atom is -0.301 e. The smallest absolute Gasteiger partial charge is 0.0231 e. The first-order valence-electron chi connectivity index (χ1n) is 6.86. The highest BCUT2D eigenvalue weighted by molar-refractivity contribution is 9.10. The van der Waals surface area contributed by atoms with Crippen molar-refractivity contribution >= 4 is 15.9 Å². The Bertz CT molecular complexity index is 381. The van der Waals surface area contributed by atoms with Crippen LogP contribution in [0.5, 0.6) is 0 Å². The highest BCUT2D eigenvalue weighted by Crippen LogP contribution is 2.18. The van der Waals surface area contributed by atoms with E-state index in [-0.39, 0.29) is 0 Å². The van der Waals surface area contributed by atoms with Crippen LogP contribution in [0.25, 0.3) is 0 Å². The second-order valence-electron chi connectivity index (χ2n) is 5.25. The quantitative estimate of drug-likeness (QED) is 0.823. The third-order valence-corrected chi connectivity index (χ3v) is 4.26. The van der Waals surface area contributed by atoms with Gasteiger partial charge in [0.2, 0.25) is 0 Å². The van der Waals surface area contributed by atoms with Gasteiger partial charge in [-0.25, -0.2) is 0 Å². The van der Waals surface area contributed by atoms with E-state index in [0.29, 0.717) is 0 Å². The average Bonchev–Trinajstić information content (AvgIpc) is 2.76. The number of halogens is 1. The van der Waals surface area contributed by atoms with Gasteiger partial charge in [-0.1, -0.05) is 35.0 Å². The second-order valence-corrected chi connectivity index (χ2v) is 6.17. The standard InChI is InChI=1S/C15H23BrN2/c1-3-18-9-5-8-15(18)12-17(2)11-13-6-4-7-14(16)10-13/h4,6-7,10,15H,3,5,8-9,11-12H2,1-2H3. The van der Waals surface area contributed by atoms with Crippen molar-refractivity contribution in [1.29, 1.82) is 0 Å². The molecule has 0 spiro atoms. The summed E-state index contributed by atoms with van der Waals surface area (Å²) in [6.07, 6.45) is 2.72. The summed E-state index contributed by atoms with van der Waals surface area (Å²) < 4.78 is 1.17. The zero-order chi connectivity index (χ0) is 13.0. The zero-order valence-electron chi connectivity index (χ0n) is 11.4. The fourth-order valence-electron chi connectivity index (χ4n) is 2.89. The molecular formula is C15H23BrN2. The minimum atomic E-state index is 0.757. The van der Waals surface area contributed by atoms with Crippen LogP contribution in [-0.4, -0.2) is 42.5 Å². The molecule has 1 fully saturated rings. The largest absolute Gasteiger partial charge is 0.301 e. The van der Waals surface area contributed by atoms with Gasteiger partial charge in [-0.3, -0.25) is 4.90 Å². The van der Waals surface area contributed by atoms with E-state index in [2.05, 4.69) is 64.0 Å². The SMILES string of the molecule is CCN1CCCC1CN(C)Cc1cccc(Br)c1. The van der Waals surface area contributed by atoms with Crippen LogP contribution in [-0.2, 0) is 6.54 Å². The van der Waals surface area contributed by atoms with Gasteiger partial charge in [-0.2, -0.15) is 0 Å². The van der Waals surface area contributed by atoms with E-state index in [1.807, 2.05) is 0 Å². The van der Waals surface area contributed by atoms with Crippen molar-refractivity contribution in [3.8, 4) is 0 Å². The Morgan fingerprint density at radius 2 is 2.28 bits per heavy atom. The van der Waals surface area contributed by atoms with E-state index in [1.54, 1.807) is 0 Å². The Balaban J connectivity index is 1.86. The Kier molecular flexibility index (Phi) is 5.22. The van der Waals surface area contributed by atoms with Crippen LogP contribution in [0.2, 0.25) is 0 Å². The molecule has 2 rings (SSSR count). The molecule has 2 nitrogen and oxygen atoms in total. The zero-order valence-corrected chi connectivity index (χ0v) is 13.0. The maximum absolute atomic E-state index is 3.53. The second kappa shape index (κ2) is 6.69. The number of hydrogen-bond donors (Lipinski definition) is 0. The molecule has 1 saturated heterocycles. The van der Waals surface area contributed by atoms with Crippen molar-refractivity contribution in [2.75, 3.05) is 26.7 Å². The number of benzene rings is 1. The van der Waals surface area contributed by atoms with Crippen molar-refractivity contribution in [1.82, 2.24) is 9.80 Å². The number of hydrogen-bond acceptors (Lipinski definition) is 2. The summed E-state index contributed by atoms with van der Waals surface area (Å²) >= 11 is 3.53. The van der Waals surface area contributed by atoms with Gasteiger partial charge in [-0.05, 0) is 50.7 Å². The van der Waals surface area contributed by atoms with E-state index in [1.165, 1.54) is 42.5 Å². The molecule has 0 radical (unpaired) electrons. The lowest BCUT2D eigenvalue weighted by molar-refractivity contribution is 0.195. The van der Waals surface area contributed by atoms with Gasteiger partial charge in [-0.15, -0.1) is 0 Å². The lowest BCUT2D eigenvalue weighted by Crippen LogP contribution is -2.38. The van der Waals surface area contributed by atoms with Crippen LogP contribution in [0.4, 0.5) is 0 Å². The summed E-state index contributed by atoms with van der Waals surface area (Å²) in [6, 6.07) is 9.36. The number of rotatable bonds is 5. The van der Waals surface area contributed by atoms with Gasteiger partial charge >= 0.3 is 0 Å². The molecule has 0 aromatic heterocycles. The molecule has 1 atom stereocenters. The van der Waals surface area contributed by atoms with Crippen molar-refractivity contribution in [2.24, 2.45) is 0 Å². The van der Waals surface area contributed by atoms with E-state index in [9.17, 15) is 0 Å². The molecule has 1 aliphatic heterocycles. The monoisotopic (exact) mass is 310 g/mol. The average molecular weight is 311 g/mol. The maximum atomic E-state index is 3.53. The molecule has 0 saturated carbocycles. The predicted octanol–water partition coefficient (Wildman–Crippen LogP) is 3.37.